The van der Waals surface area contributed by atoms with Crippen molar-refractivity contribution in [2.45, 2.75) is 98.3 Å². The first-order chi connectivity index (χ1) is 20.7. The van der Waals surface area contributed by atoms with Crippen molar-refractivity contribution in [3.8, 4) is 0 Å². The van der Waals surface area contributed by atoms with Crippen molar-refractivity contribution in [3.05, 3.63) is 24.3 Å². The van der Waals surface area contributed by atoms with Crippen molar-refractivity contribution in [1.82, 2.24) is 30.4 Å². The largest absolute Gasteiger partial charge is 0.462 e. The molecule has 3 rings (SSSR count). The second-order valence-corrected chi connectivity index (χ2v) is 16.5. The molecule has 0 aliphatic heterocycles. The number of esters is 3. The smallest absolute Gasteiger partial charge is 0.351 e. The van der Waals surface area contributed by atoms with E-state index in [0.29, 0.717) is 0 Å². The van der Waals surface area contributed by atoms with Gasteiger partial charge >= 0.3 is 25.5 Å². The number of nitrogens with one attached hydrogen (secondary N) is 2. The molecule has 1 fully saturated rings. The zero-order valence-corrected chi connectivity index (χ0v) is 28.2. The minimum absolute atomic E-state index is 0.000793. The summed E-state index contributed by atoms with van der Waals surface area (Å²) in [4.78, 5) is 46.6. The number of carbonyl (C=O) groups is 3. The van der Waals surface area contributed by atoms with Gasteiger partial charge in [-0.05, 0) is 81.6 Å². The van der Waals surface area contributed by atoms with E-state index in [1.807, 2.05) is 0 Å². The monoisotopic (exact) mass is 656 g/mol. The summed E-state index contributed by atoms with van der Waals surface area (Å²) in [5.41, 5.74) is -4.64. The molecule has 0 amide bonds. The number of carbonyl (C=O) groups excluding carboxylic acids is 3. The Morgan fingerprint density at radius 1 is 0.822 bits per heavy atom. The summed E-state index contributed by atoms with van der Waals surface area (Å²) in [7, 11) is -4.76. The zero-order chi connectivity index (χ0) is 33.9. The van der Waals surface area contributed by atoms with Crippen molar-refractivity contribution in [3.63, 3.8) is 0 Å². The van der Waals surface area contributed by atoms with Crippen LogP contribution in [0.5, 0.6) is 0 Å². The highest BCUT2D eigenvalue weighted by Crippen LogP contribution is 2.74. The third kappa shape index (κ3) is 7.97. The van der Waals surface area contributed by atoms with Gasteiger partial charge in [-0.25, -0.2) is 9.97 Å². The Morgan fingerprint density at radius 3 is 1.76 bits per heavy atom. The molecule has 17 heteroatoms. The van der Waals surface area contributed by atoms with E-state index in [9.17, 15) is 19.5 Å². The van der Waals surface area contributed by atoms with Crippen molar-refractivity contribution in [2.24, 2.45) is 16.2 Å². The second-order valence-electron chi connectivity index (χ2n) is 14.2. The molecule has 3 N–H and O–H groups in total. The third-order valence-electron chi connectivity index (χ3n) is 7.32. The van der Waals surface area contributed by atoms with Crippen LogP contribution in [-0.4, -0.2) is 79.2 Å². The van der Waals surface area contributed by atoms with Crippen molar-refractivity contribution in [2.75, 3.05) is 20.2 Å². The summed E-state index contributed by atoms with van der Waals surface area (Å²) >= 11 is 0. The quantitative estimate of drug-likeness (QED) is 0.136. The lowest BCUT2D eigenvalue weighted by Gasteiger charge is -2.51. The standard InChI is InChI=1S/C28H45N6O10P/c1-24(2,3)21(35)40-13-27(38)11-10-12-28(20-30-15-32-34-20,18(27)19-29-14-31-33-19)45(39,43-16-41-22(36)25(4,5)6)44-17-42-23(37)26(7,8)9/h14-15,18,38H,10-13,16-17H2,1-9H3,(H,29,31,33)(H,30,32,34)/t18-,27?,28+/m1/s1. The van der Waals surface area contributed by atoms with E-state index >= 15 is 4.57 Å². The molecule has 0 aromatic carbocycles. The van der Waals surface area contributed by atoms with Crippen LogP contribution in [0.15, 0.2) is 12.7 Å². The topological polar surface area (TPSA) is 218 Å². The SMILES string of the molecule is CC(C)(C)C(=O)OCOP(=O)(OCOC(=O)C(C)(C)C)[C@@]1(c2ncn[nH]2)CCCC(O)(COC(=O)C(C)(C)C)[C@H]1c1ncn[nH]1. The molecule has 16 nitrogen and oxygen atoms in total. The van der Waals surface area contributed by atoms with Gasteiger partial charge in [-0.1, -0.05) is 0 Å². The Bertz CT molecular complexity index is 1330. The summed E-state index contributed by atoms with van der Waals surface area (Å²) in [6, 6.07) is 0. The first-order valence-electron chi connectivity index (χ1n) is 14.5. The van der Waals surface area contributed by atoms with Gasteiger partial charge in [0.15, 0.2) is 0 Å². The molecule has 252 valence electrons. The van der Waals surface area contributed by atoms with Gasteiger partial charge in [-0.15, -0.1) is 0 Å². The van der Waals surface area contributed by atoms with Gasteiger partial charge in [0.2, 0.25) is 13.6 Å². The maximum atomic E-state index is 15.3. The first kappa shape index (κ1) is 36.3. The Kier molecular flexibility index (Phi) is 10.7. The molecule has 0 bridgehead atoms. The van der Waals surface area contributed by atoms with Crippen LogP contribution in [0.25, 0.3) is 0 Å². The van der Waals surface area contributed by atoms with E-state index < -0.39 is 78.6 Å². The molecule has 2 aromatic rings. The minimum Gasteiger partial charge on any atom is -0.462 e. The summed E-state index contributed by atoms with van der Waals surface area (Å²) in [5, 5.41) is 23.7. The highest BCUT2D eigenvalue weighted by atomic mass is 31.2. The van der Waals surface area contributed by atoms with Crippen molar-refractivity contribution >= 4 is 25.5 Å². The van der Waals surface area contributed by atoms with Crippen LogP contribution in [0.1, 0.15) is 99.1 Å². The van der Waals surface area contributed by atoms with Crippen LogP contribution >= 0.6 is 7.60 Å². The van der Waals surface area contributed by atoms with E-state index in [-0.39, 0.29) is 30.9 Å². The molecular weight excluding hydrogens is 611 g/mol. The van der Waals surface area contributed by atoms with Crippen LogP contribution < -0.4 is 0 Å². The van der Waals surface area contributed by atoms with E-state index in [0.717, 1.165) is 0 Å². The molecule has 1 unspecified atom stereocenters. The lowest BCUT2D eigenvalue weighted by Crippen LogP contribution is -2.56. The lowest BCUT2D eigenvalue weighted by atomic mass is 9.67. The molecule has 0 saturated heterocycles. The van der Waals surface area contributed by atoms with E-state index in [1.165, 1.54) is 12.7 Å². The molecule has 0 spiro atoms. The Labute approximate surface area is 262 Å². The molecule has 2 aromatic heterocycles. The van der Waals surface area contributed by atoms with Gasteiger partial charge in [-0.2, -0.15) is 10.2 Å². The summed E-state index contributed by atoms with van der Waals surface area (Å²) in [6.07, 6.45) is 2.64. The Hall–Kier alpha value is -3.20. The number of nitrogens with zero attached hydrogens (tertiary/aromatic N) is 4. The number of ether oxygens (including phenoxy) is 3. The molecule has 3 atom stereocenters. The number of rotatable bonds is 11. The highest BCUT2D eigenvalue weighted by Gasteiger charge is 2.68. The second kappa shape index (κ2) is 13.3. The van der Waals surface area contributed by atoms with Crippen LogP contribution in [0.2, 0.25) is 0 Å². The molecule has 1 aliphatic carbocycles. The van der Waals surface area contributed by atoms with Crippen LogP contribution in [0.4, 0.5) is 0 Å². The number of H-pyrrole nitrogens is 2. The molecule has 45 heavy (non-hydrogen) atoms. The van der Waals surface area contributed by atoms with Gasteiger partial charge in [0.1, 0.15) is 41.7 Å². The minimum atomic E-state index is -4.76. The number of aliphatic hydroxyl groups is 1. The number of aromatic amines is 2. The van der Waals surface area contributed by atoms with E-state index in [4.69, 9.17) is 23.3 Å². The number of hydrogen-bond acceptors (Lipinski definition) is 14. The molecule has 0 radical (unpaired) electrons. The molecule has 1 saturated carbocycles. The molecule has 1 aliphatic rings. The number of aromatic nitrogens is 6. The van der Waals surface area contributed by atoms with Crippen LogP contribution in [0.3, 0.4) is 0 Å². The van der Waals surface area contributed by atoms with Crippen LogP contribution in [-0.2, 0) is 47.4 Å². The van der Waals surface area contributed by atoms with Crippen molar-refractivity contribution in [1.29, 1.82) is 0 Å². The predicted octanol–water partition coefficient (Wildman–Crippen LogP) is 3.73. The maximum absolute atomic E-state index is 15.3. The van der Waals surface area contributed by atoms with E-state index in [1.54, 1.807) is 62.3 Å². The first-order valence-corrected chi connectivity index (χ1v) is 16.1. The highest BCUT2D eigenvalue weighted by molar-refractivity contribution is 7.55. The van der Waals surface area contributed by atoms with Crippen molar-refractivity contribution < 1.29 is 47.3 Å². The normalized spacial score (nSPS) is 22.9. The Morgan fingerprint density at radius 2 is 1.31 bits per heavy atom. The average Bonchev–Trinajstić information content (AvgIpc) is 3.65. The van der Waals surface area contributed by atoms with E-state index in [2.05, 4.69) is 30.4 Å². The zero-order valence-electron chi connectivity index (χ0n) is 27.3. The summed E-state index contributed by atoms with van der Waals surface area (Å²) in [6.45, 7) is 12.6. The average molecular weight is 657 g/mol. The predicted molar refractivity (Wildman–Crippen MR) is 157 cm³/mol. The fraction of sp³-hybridized carbons (Fsp3) is 0.750. The fourth-order valence-electron chi connectivity index (χ4n) is 4.89. The lowest BCUT2D eigenvalue weighted by molar-refractivity contribution is -0.166. The number of hydrogen-bond donors (Lipinski definition) is 3. The van der Waals surface area contributed by atoms with Gasteiger partial charge in [-0.3, -0.25) is 38.2 Å². The summed E-state index contributed by atoms with van der Waals surface area (Å²) < 4.78 is 43.3. The van der Waals surface area contributed by atoms with Gasteiger partial charge in [0, 0.05) is 0 Å². The third-order valence-corrected chi connectivity index (χ3v) is 9.88. The fourth-order valence-corrected chi connectivity index (χ4v) is 7.28. The molecule has 2 heterocycles. The maximum Gasteiger partial charge on any atom is 0.351 e. The van der Waals surface area contributed by atoms with Gasteiger partial charge in [0.25, 0.3) is 0 Å². The Balaban J connectivity index is 2.18. The van der Waals surface area contributed by atoms with Gasteiger partial charge in [0.05, 0.1) is 22.2 Å². The van der Waals surface area contributed by atoms with Crippen LogP contribution in [0, 0.1) is 16.2 Å². The summed E-state index contributed by atoms with van der Waals surface area (Å²) in [5.74, 6) is -3.21. The van der Waals surface area contributed by atoms with Gasteiger partial charge < -0.3 is 19.3 Å². The molecular formula is C28H45N6O10P.